The van der Waals surface area contributed by atoms with Gasteiger partial charge in [0.2, 0.25) is 10.0 Å². The van der Waals surface area contributed by atoms with E-state index < -0.39 is 15.9 Å². The molecule has 4 aromatic carbocycles. The molecule has 11 fully saturated rings. The molecule has 748 valence electrons. The number of carbonyl (C=O) groups excluding carboxylic acids is 4. The molecule has 40 heteroatoms. The fourth-order valence-electron chi connectivity index (χ4n) is 20.2. The first-order valence-electron chi connectivity index (χ1n) is 48.4. The molecule has 4 N–H and O–H groups in total. The van der Waals surface area contributed by atoms with Crippen molar-refractivity contribution in [2.45, 2.75) is 117 Å². The van der Waals surface area contributed by atoms with Gasteiger partial charge in [0.15, 0.2) is 23.3 Å². The summed E-state index contributed by atoms with van der Waals surface area (Å²) in [6, 6.07) is 31.7. The van der Waals surface area contributed by atoms with Gasteiger partial charge in [0.25, 0.3) is 5.92 Å². The van der Waals surface area contributed by atoms with E-state index in [0.717, 1.165) is 200 Å². The second kappa shape index (κ2) is 44.9. The minimum absolute atomic E-state index is 0.0287. The van der Waals surface area contributed by atoms with Crippen molar-refractivity contribution in [3.8, 4) is 0 Å². The van der Waals surface area contributed by atoms with Crippen LogP contribution < -0.4 is 40.9 Å². The molecule has 1 aliphatic carbocycles. The minimum Gasteiger partial charge on any atom is -0.381 e. The standard InChI is InChI=1S/C26H35ClN6O2.C25H34ClN7O3S.C25H34ClN7O.C23H29ClF2N6O/c1-20(2)28-24-5-9-33(29-24)25(34)31-13-11-30(12-14-31)18-21-3-4-22(27)17-23(21)32-10-6-26(19-32)7-15-35-16-8-26;1-19(2)27-23-6-8-33(28-23)24(34)30-12-10-29(11-13-30)15-20-4-5-21(26)14-22(20)31-9-7-25(16-31)17-32(18-25)37(3,35)36;1-19(2)27-24-7-8-33(28-24)25(34)32-11-9-29(10-12-32)18-20-3-4-21(26)17-23(20)31-15-13-30(14-16-31)22-5-6-22;1-17(2)27-21-5-8-32(28-21)22(33)31-13-11-29(12-14-31)16-18-3-4-19(24)15-20(18)30-9-6-23(25,26)7-10-30/h3-5,9,17H,1,6-8,10-16,18-19H2,2H3,(H,28,29);4-6,8,14H,1,7,9-13,15-18H2,2-3H3,(H,27,28);3-4,7-8,17,22H,1,5-6,9-16,18H2,2H3,(H,27,28);3-5,8,15H,1,6-7,9-14,16H2,2H3,(H,27,28). The zero-order chi connectivity index (χ0) is 98.0. The van der Waals surface area contributed by atoms with E-state index in [1.807, 2.05) is 89.8 Å². The lowest BCUT2D eigenvalue weighted by molar-refractivity contribution is -0.0221. The fraction of sp³-hybridized carbons (Fsp3) is 0.515. The number of hydrogen-bond donors (Lipinski definition) is 4. The molecule has 2 spiro atoms. The number of nitrogens with one attached hydrogen (secondary N) is 4. The molecule has 0 atom stereocenters. The van der Waals surface area contributed by atoms with E-state index in [0.29, 0.717) is 137 Å². The zero-order valence-electron chi connectivity index (χ0n) is 80.5. The molecular weight excluding hydrogens is 1880 g/mol. The highest BCUT2D eigenvalue weighted by Gasteiger charge is 2.51. The average molecular weight is 2010 g/mol. The molecule has 4 aromatic heterocycles. The van der Waals surface area contributed by atoms with Gasteiger partial charge in [-0.3, -0.25) is 24.5 Å². The van der Waals surface area contributed by atoms with Crippen LogP contribution in [0.15, 0.2) is 171 Å². The maximum atomic E-state index is 13.6. The molecule has 4 amide bonds. The molecule has 11 aliphatic rings. The fourth-order valence-corrected chi connectivity index (χ4v) is 21.9. The van der Waals surface area contributed by atoms with E-state index in [-0.39, 0.29) is 42.4 Å². The maximum Gasteiger partial charge on any atom is 0.344 e. The van der Waals surface area contributed by atoms with Crippen LogP contribution in [-0.4, -0.2) is 335 Å². The number of nitrogens with zero attached hydrogens (tertiary/aromatic N) is 22. The van der Waals surface area contributed by atoms with Crippen LogP contribution in [-0.2, 0) is 40.9 Å². The molecule has 33 nitrogen and oxygen atoms in total. The molecule has 0 bridgehead atoms. The van der Waals surface area contributed by atoms with Crippen LogP contribution in [0, 0.1) is 10.8 Å². The van der Waals surface area contributed by atoms with Crippen LogP contribution >= 0.6 is 46.4 Å². The van der Waals surface area contributed by atoms with Crippen LogP contribution in [0.3, 0.4) is 0 Å². The molecular formula is C99H132Cl4F2N26O7S. The number of aromatic nitrogens is 8. The summed E-state index contributed by atoms with van der Waals surface area (Å²) in [6.07, 6.45) is 14.9. The normalized spacial score (nSPS) is 19.9. The van der Waals surface area contributed by atoms with Crippen molar-refractivity contribution in [1.29, 1.82) is 0 Å². The Bertz CT molecular complexity index is 5810. The summed E-state index contributed by atoms with van der Waals surface area (Å²) >= 11 is 25.5. The summed E-state index contributed by atoms with van der Waals surface area (Å²) in [6.45, 7) is 49.0. The van der Waals surface area contributed by atoms with Crippen LogP contribution in [0.5, 0.6) is 0 Å². The van der Waals surface area contributed by atoms with Gasteiger partial charge in [-0.25, -0.2) is 40.7 Å². The molecule has 8 aromatic rings. The summed E-state index contributed by atoms with van der Waals surface area (Å²) in [7, 11) is -3.13. The predicted molar refractivity (Wildman–Crippen MR) is 547 cm³/mol. The third-order valence-corrected chi connectivity index (χ3v) is 30.1. The number of rotatable bonds is 22. The van der Waals surface area contributed by atoms with E-state index in [2.05, 4.69) is 138 Å². The van der Waals surface area contributed by atoms with E-state index in [1.54, 1.807) is 58.3 Å². The summed E-state index contributed by atoms with van der Waals surface area (Å²) < 4.78 is 63.7. The highest BCUT2D eigenvalue weighted by atomic mass is 35.5. The first kappa shape index (κ1) is 102. The van der Waals surface area contributed by atoms with Gasteiger partial charge in [-0.15, -0.1) is 20.4 Å². The van der Waals surface area contributed by atoms with Gasteiger partial charge in [-0.05, 0) is 142 Å². The SMILES string of the molecule is C=C(C)Nc1ccn(C(=O)N2CCN(Cc3ccc(Cl)cc3N3CCC(F)(F)CC3)CC2)n1.C=C(C)Nc1ccn(C(=O)N2CCN(Cc3ccc(Cl)cc3N3CCC4(C3)CN(S(C)(=O)=O)C4)CC2)n1.C=C(C)Nc1ccn(C(=O)N2CCN(Cc3ccc(Cl)cc3N3CCC4(CCOCC4)C3)CC2)n1.C=C(C)Nc1ccn(C(=O)N2CCN(Cc3ccc(Cl)cc3N3CCN(C4CC4)CC3)CC2)n1. The number of alkyl halides is 2. The quantitative estimate of drug-likeness (QED) is 0.0491. The molecule has 139 heavy (non-hydrogen) atoms. The molecule has 0 unspecified atom stereocenters. The van der Waals surface area contributed by atoms with Gasteiger partial charge >= 0.3 is 24.1 Å². The number of anilines is 8. The molecule has 19 rings (SSSR count). The highest BCUT2D eigenvalue weighted by molar-refractivity contribution is 7.88. The lowest BCUT2D eigenvalue weighted by Gasteiger charge is -2.46. The van der Waals surface area contributed by atoms with Crippen LogP contribution in [0.25, 0.3) is 0 Å². The number of allylic oxidation sites excluding steroid dienone is 4. The number of piperazine rings is 5. The van der Waals surface area contributed by atoms with Crippen molar-refractivity contribution in [2.75, 3.05) is 244 Å². The average Bonchev–Trinajstić information content (AvgIpc) is 1.61. The summed E-state index contributed by atoms with van der Waals surface area (Å²) in [5, 5.41) is 32.2. The number of sulfonamides is 1. The number of hydrogen-bond acceptors (Lipinski definition) is 24. The number of halogens is 6. The smallest absolute Gasteiger partial charge is 0.344 e. The van der Waals surface area contributed by atoms with Crippen LogP contribution in [0.4, 0.5) is 74.0 Å². The number of carbonyl (C=O) groups is 4. The summed E-state index contributed by atoms with van der Waals surface area (Å²) in [5.74, 6) is -0.143. The summed E-state index contributed by atoms with van der Waals surface area (Å²) in [5.41, 5.74) is 12.9. The Morgan fingerprint density at radius 3 is 0.950 bits per heavy atom. The number of ether oxygens (including phenoxy) is 1. The van der Waals surface area contributed by atoms with Gasteiger partial charge in [-0.1, -0.05) is 97.0 Å². The predicted octanol–water partition coefficient (Wildman–Crippen LogP) is 15.1. The molecule has 10 aliphatic heterocycles. The topological polar surface area (TPSA) is 276 Å². The third-order valence-electron chi connectivity index (χ3n) is 28.0. The van der Waals surface area contributed by atoms with Gasteiger partial charge in [0.05, 0.1) is 6.26 Å². The van der Waals surface area contributed by atoms with Gasteiger partial charge in [0.1, 0.15) is 0 Å². The van der Waals surface area contributed by atoms with Crippen LogP contribution in [0.2, 0.25) is 20.1 Å². The van der Waals surface area contributed by atoms with E-state index >= 15 is 0 Å². The second-order valence-electron chi connectivity index (χ2n) is 39.1. The van der Waals surface area contributed by atoms with Crippen molar-refractivity contribution < 1.29 is 41.1 Å². The summed E-state index contributed by atoms with van der Waals surface area (Å²) in [4.78, 5) is 80.3. The Morgan fingerprint density at radius 2 is 0.655 bits per heavy atom. The van der Waals surface area contributed by atoms with Crippen molar-refractivity contribution in [3.05, 3.63) is 213 Å². The lowest BCUT2D eigenvalue weighted by atomic mass is 9.80. The minimum atomic E-state index is -3.13. The van der Waals surface area contributed by atoms with Crippen molar-refractivity contribution in [1.82, 2.24) is 87.5 Å². The number of piperidine rings is 1. The van der Waals surface area contributed by atoms with Gasteiger partial charge in [-0.2, -0.15) is 18.7 Å². The van der Waals surface area contributed by atoms with Gasteiger partial charge < -0.3 is 65.2 Å². The molecule has 10 saturated heterocycles. The van der Waals surface area contributed by atoms with Gasteiger partial charge in [0, 0.05) is 362 Å². The first-order valence-corrected chi connectivity index (χ1v) is 51.7. The highest BCUT2D eigenvalue weighted by Crippen LogP contribution is 2.46. The Kier molecular flexibility index (Phi) is 32.8. The van der Waals surface area contributed by atoms with Crippen molar-refractivity contribution in [3.63, 3.8) is 0 Å². The zero-order valence-corrected chi connectivity index (χ0v) is 84.4. The van der Waals surface area contributed by atoms with E-state index in [9.17, 15) is 36.4 Å². The van der Waals surface area contributed by atoms with Crippen molar-refractivity contribution in [2.24, 2.45) is 10.8 Å². The van der Waals surface area contributed by atoms with Crippen LogP contribution in [0.1, 0.15) is 101 Å². The number of amides is 4. The Hall–Kier alpha value is -10.4. The Balaban J connectivity index is 0.000000134. The van der Waals surface area contributed by atoms with E-state index in [4.69, 9.17) is 51.1 Å². The Labute approximate surface area is 834 Å². The largest absolute Gasteiger partial charge is 0.381 e. The third kappa shape index (κ3) is 26.7. The molecule has 14 heterocycles. The molecule has 0 radical (unpaired) electrons. The first-order chi connectivity index (χ1) is 66.6. The second-order valence-corrected chi connectivity index (χ2v) is 42.8. The lowest BCUT2D eigenvalue weighted by Crippen LogP contribution is -2.59. The van der Waals surface area contributed by atoms with E-state index in [1.165, 1.54) is 72.3 Å². The number of benzene rings is 4. The van der Waals surface area contributed by atoms with Crippen molar-refractivity contribution >= 4 is 127 Å². The maximum absolute atomic E-state index is 13.6. The molecule has 1 saturated carbocycles. The monoisotopic (exact) mass is 2010 g/mol. The Morgan fingerprint density at radius 1 is 0.374 bits per heavy atom.